The third kappa shape index (κ3) is 4.36. The van der Waals surface area contributed by atoms with E-state index in [1.807, 2.05) is 36.4 Å². The number of amides is 1. The van der Waals surface area contributed by atoms with E-state index in [0.717, 1.165) is 16.7 Å². The number of hydrogen-bond acceptors (Lipinski definition) is 5. The molecule has 0 saturated heterocycles. The van der Waals surface area contributed by atoms with E-state index in [9.17, 15) is 9.59 Å². The van der Waals surface area contributed by atoms with Gasteiger partial charge in [-0.05, 0) is 29.8 Å². The molecule has 0 fully saturated rings. The van der Waals surface area contributed by atoms with Crippen molar-refractivity contribution in [2.75, 3.05) is 13.7 Å². The largest absolute Gasteiger partial charge is 0.497 e. The number of methoxy groups -OCH3 is 1. The number of ether oxygens (including phenoxy) is 2. The van der Waals surface area contributed by atoms with E-state index in [1.54, 1.807) is 31.4 Å². The van der Waals surface area contributed by atoms with Crippen LogP contribution in [0.1, 0.15) is 16.1 Å². The average Bonchev–Trinajstić information content (AvgIpc) is 2.70. The third-order valence-corrected chi connectivity index (χ3v) is 3.76. The van der Waals surface area contributed by atoms with E-state index < -0.39 is 11.9 Å². The maximum absolute atomic E-state index is 12.2. The maximum Gasteiger partial charge on any atom is 0.325 e. The van der Waals surface area contributed by atoms with Crippen LogP contribution >= 0.6 is 0 Å². The second-order valence-corrected chi connectivity index (χ2v) is 5.58. The molecule has 26 heavy (non-hydrogen) atoms. The molecule has 132 valence electrons. The minimum atomic E-state index is -0.507. The summed E-state index contributed by atoms with van der Waals surface area (Å²) in [6, 6.07) is 18.1. The second kappa shape index (κ2) is 8.11. The number of hydrogen-bond donors (Lipinski definition) is 1. The Kier molecular flexibility index (Phi) is 5.43. The van der Waals surface area contributed by atoms with E-state index in [-0.39, 0.29) is 18.8 Å². The lowest BCUT2D eigenvalue weighted by atomic mass is 10.2. The third-order valence-electron chi connectivity index (χ3n) is 3.76. The zero-order valence-corrected chi connectivity index (χ0v) is 14.3. The molecule has 1 N–H and O–H groups in total. The van der Waals surface area contributed by atoms with Crippen LogP contribution in [0.25, 0.3) is 10.9 Å². The molecule has 2 aromatic carbocycles. The van der Waals surface area contributed by atoms with E-state index in [0.29, 0.717) is 5.52 Å². The SMILES string of the molecule is COc1ccc2nc(C(=O)NCC(=O)OCc3ccccc3)ccc2c1. The second-order valence-electron chi connectivity index (χ2n) is 5.58. The molecule has 1 amide bonds. The molecule has 1 heterocycles. The summed E-state index contributed by atoms with van der Waals surface area (Å²) in [5.74, 6) is -0.218. The summed E-state index contributed by atoms with van der Waals surface area (Å²) < 4.78 is 10.3. The predicted molar refractivity (Wildman–Crippen MR) is 96.9 cm³/mol. The van der Waals surface area contributed by atoms with Gasteiger partial charge in [-0.15, -0.1) is 0 Å². The average molecular weight is 350 g/mol. The van der Waals surface area contributed by atoms with Crippen molar-refractivity contribution in [1.82, 2.24) is 10.3 Å². The van der Waals surface area contributed by atoms with Gasteiger partial charge in [0, 0.05) is 5.39 Å². The van der Waals surface area contributed by atoms with Crippen LogP contribution < -0.4 is 10.1 Å². The number of nitrogens with one attached hydrogen (secondary N) is 1. The molecule has 0 atom stereocenters. The van der Waals surface area contributed by atoms with Crippen molar-refractivity contribution in [2.24, 2.45) is 0 Å². The van der Waals surface area contributed by atoms with Crippen LogP contribution in [-0.4, -0.2) is 30.5 Å². The lowest BCUT2D eigenvalue weighted by Crippen LogP contribution is -2.31. The summed E-state index contributed by atoms with van der Waals surface area (Å²) >= 11 is 0. The highest BCUT2D eigenvalue weighted by Crippen LogP contribution is 2.19. The van der Waals surface area contributed by atoms with E-state index in [1.165, 1.54) is 0 Å². The van der Waals surface area contributed by atoms with E-state index in [4.69, 9.17) is 9.47 Å². The van der Waals surface area contributed by atoms with Crippen molar-refractivity contribution in [3.8, 4) is 5.75 Å². The first-order valence-corrected chi connectivity index (χ1v) is 8.08. The summed E-state index contributed by atoms with van der Waals surface area (Å²) in [6.07, 6.45) is 0. The first kappa shape index (κ1) is 17.4. The smallest absolute Gasteiger partial charge is 0.325 e. The van der Waals surface area contributed by atoms with Crippen molar-refractivity contribution in [2.45, 2.75) is 6.61 Å². The van der Waals surface area contributed by atoms with Gasteiger partial charge in [-0.25, -0.2) is 4.98 Å². The van der Waals surface area contributed by atoms with Gasteiger partial charge in [0.2, 0.25) is 0 Å². The van der Waals surface area contributed by atoms with Gasteiger partial charge >= 0.3 is 5.97 Å². The highest BCUT2D eigenvalue weighted by molar-refractivity contribution is 5.96. The number of carbonyl (C=O) groups excluding carboxylic acids is 2. The molecule has 3 aromatic rings. The molecule has 0 aliphatic heterocycles. The Bertz CT molecular complexity index is 926. The minimum Gasteiger partial charge on any atom is -0.497 e. The van der Waals surface area contributed by atoms with Crippen molar-refractivity contribution in [1.29, 1.82) is 0 Å². The van der Waals surface area contributed by atoms with Crippen molar-refractivity contribution in [3.63, 3.8) is 0 Å². The zero-order chi connectivity index (χ0) is 18.4. The number of fused-ring (bicyclic) bond motifs is 1. The van der Waals surface area contributed by atoms with Gasteiger partial charge in [0.1, 0.15) is 24.6 Å². The maximum atomic E-state index is 12.2. The van der Waals surface area contributed by atoms with Gasteiger partial charge in [0.15, 0.2) is 0 Å². The number of esters is 1. The number of pyridine rings is 1. The molecular formula is C20H18N2O4. The highest BCUT2D eigenvalue weighted by atomic mass is 16.5. The fourth-order valence-electron chi connectivity index (χ4n) is 2.39. The number of nitrogens with zero attached hydrogens (tertiary/aromatic N) is 1. The van der Waals surface area contributed by atoms with Crippen LogP contribution in [0.2, 0.25) is 0 Å². The topological polar surface area (TPSA) is 77.5 Å². The zero-order valence-electron chi connectivity index (χ0n) is 14.3. The minimum absolute atomic E-state index is 0.172. The first-order chi connectivity index (χ1) is 12.7. The first-order valence-electron chi connectivity index (χ1n) is 8.08. The Balaban J connectivity index is 1.56. The molecule has 6 heteroatoms. The molecule has 6 nitrogen and oxygen atoms in total. The van der Waals surface area contributed by atoms with Gasteiger partial charge in [0.05, 0.1) is 12.6 Å². The molecular weight excluding hydrogens is 332 g/mol. The van der Waals surface area contributed by atoms with Gasteiger partial charge in [-0.3, -0.25) is 9.59 Å². The summed E-state index contributed by atoms with van der Waals surface area (Å²) in [4.78, 5) is 28.3. The molecule has 0 aliphatic rings. The Hall–Kier alpha value is -3.41. The summed E-state index contributed by atoms with van der Waals surface area (Å²) in [6.45, 7) is -0.0421. The molecule has 1 aromatic heterocycles. The molecule has 3 rings (SSSR count). The molecule has 0 unspecified atom stereocenters. The van der Waals surface area contributed by atoms with Gasteiger partial charge in [-0.1, -0.05) is 36.4 Å². The standard InChI is InChI=1S/C20H18N2O4/c1-25-16-8-10-17-15(11-16)7-9-18(22-17)20(24)21-12-19(23)26-13-14-5-3-2-4-6-14/h2-11H,12-13H2,1H3,(H,21,24). The fourth-order valence-corrected chi connectivity index (χ4v) is 2.39. The lowest BCUT2D eigenvalue weighted by Gasteiger charge is -2.07. The molecule has 0 aliphatic carbocycles. The van der Waals surface area contributed by atoms with Crippen molar-refractivity contribution < 1.29 is 19.1 Å². The number of aromatic nitrogens is 1. The van der Waals surface area contributed by atoms with Crippen LogP contribution in [0, 0.1) is 0 Å². The van der Waals surface area contributed by atoms with Crippen LogP contribution in [0.5, 0.6) is 5.75 Å². The number of carbonyl (C=O) groups is 2. The van der Waals surface area contributed by atoms with Gasteiger partial charge < -0.3 is 14.8 Å². The van der Waals surface area contributed by atoms with Gasteiger partial charge in [-0.2, -0.15) is 0 Å². The molecule has 0 spiro atoms. The van der Waals surface area contributed by atoms with Crippen LogP contribution in [0.4, 0.5) is 0 Å². The Morgan fingerprint density at radius 1 is 1.04 bits per heavy atom. The normalized spacial score (nSPS) is 10.3. The Labute approximate surface area is 150 Å². The predicted octanol–water partition coefficient (Wildman–Crippen LogP) is 2.72. The van der Waals surface area contributed by atoms with Crippen molar-refractivity contribution >= 4 is 22.8 Å². The van der Waals surface area contributed by atoms with Gasteiger partial charge in [0.25, 0.3) is 5.91 Å². The quantitative estimate of drug-likeness (QED) is 0.692. The van der Waals surface area contributed by atoms with Crippen molar-refractivity contribution in [3.05, 3.63) is 71.9 Å². The fraction of sp³-hybridized carbons (Fsp3) is 0.150. The molecule has 0 saturated carbocycles. The van der Waals surface area contributed by atoms with Crippen LogP contribution in [-0.2, 0) is 16.1 Å². The summed E-state index contributed by atoms with van der Waals surface area (Å²) in [7, 11) is 1.59. The highest BCUT2D eigenvalue weighted by Gasteiger charge is 2.11. The summed E-state index contributed by atoms with van der Waals surface area (Å²) in [5.41, 5.74) is 1.79. The lowest BCUT2D eigenvalue weighted by molar-refractivity contribution is -0.143. The molecule has 0 bridgehead atoms. The Morgan fingerprint density at radius 2 is 1.85 bits per heavy atom. The van der Waals surface area contributed by atoms with Crippen LogP contribution in [0.3, 0.4) is 0 Å². The van der Waals surface area contributed by atoms with E-state index in [2.05, 4.69) is 10.3 Å². The monoisotopic (exact) mass is 350 g/mol. The Morgan fingerprint density at radius 3 is 2.62 bits per heavy atom. The number of rotatable bonds is 6. The van der Waals surface area contributed by atoms with Crippen LogP contribution in [0.15, 0.2) is 60.7 Å². The van der Waals surface area contributed by atoms with E-state index >= 15 is 0 Å². The number of benzene rings is 2. The summed E-state index contributed by atoms with van der Waals surface area (Å²) in [5, 5.41) is 3.39. The molecule has 0 radical (unpaired) electrons.